The lowest BCUT2D eigenvalue weighted by molar-refractivity contribution is -0.0592. The van der Waals surface area contributed by atoms with E-state index in [2.05, 4.69) is 25.4 Å². The quantitative estimate of drug-likeness (QED) is 0.263. The molecule has 3 aromatic heterocycles. The van der Waals surface area contributed by atoms with Gasteiger partial charge in [0.2, 0.25) is 5.88 Å². The molecule has 0 amide bonds. The predicted octanol–water partition coefficient (Wildman–Crippen LogP) is 4.30. The van der Waals surface area contributed by atoms with E-state index in [4.69, 9.17) is 24.7 Å². The first-order chi connectivity index (χ1) is 21.0. The zero-order valence-electron chi connectivity index (χ0n) is 23.3. The van der Waals surface area contributed by atoms with E-state index in [1.165, 1.54) is 0 Å². The summed E-state index contributed by atoms with van der Waals surface area (Å²) in [7, 11) is 0. The molecule has 2 aliphatic rings. The smallest absolute Gasteiger partial charge is 0.335 e. The Balaban J connectivity index is 0.996. The van der Waals surface area contributed by atoms with E-state index in [9.17, 15) is 9.90 Å². The fourth-order valence-corrected chi connectivity index (χ4v) is 6.36. The highest BCUT2D eigenvalue weighted by Crippen LogP contribution is 2.26. The van der Waals surface area contributed by atoms with Gasteiger partial charge in [0.1, 0.15) is 23.3 Å². The third-order valence-corrected chi connectivity index (χ3v) is 8.94. The number of aromatic carboxylic acids is 1. The van der Waals surface area contributed by atoms with Crippen molar-refractivity contribution >= 4 is 44.4 Å². The Hall–Kier alpha value is -4.57. The number of piperazine rings is 1. The highest BCUT2D eigenvalue weighted by atomic mass is 32.1. The molecule has 0 bridgehead atoms. The molecule has 2 aliphatic heterocycles. The average molecular weight is 596 g/mol. The van der Waals surface area contributed by atoms with Crippen LogP contribution in [0.1, 0.15) is 33.2 Å². The zero-order chi connectivity index (χ0) is 29.3. The van der Waals surface area contributed by atoms with Gasteiger partial charge in [-0.1, -0.05) is 6.07 Å². The molecule has 0 aliphatic carbocycles. The maximum Gasteiger partial charge on any atom is 0.335 e. The Morgan fingerprint density at radius 3 is 2.70 bits per heavy atom. The van der Waals surface area contributed by atoms with Crippen LogP contribution in [-0.2, 0) is 24.4 Å². The summed E-state index contributed by atoms with van der Waals surface area (Å²) in [5.41, 5.74) is 3.30. The van der Waals surface area contributed by atoms with Crippen molar-refractivity contribution in [1.82, 2.24) is 24.4 Å². The molecular formula is C31H29N7O4S. The number of hydrogen-bond donors (Lipinski definition) is 1. The summed E-state index contributed by atoms with van der Waals surface area (Å²) >= 11 is 1.55. The van der Waals surface area contributed by atoms with Crippen molar-refractivity contribution in [2.45, 2.75) is 32.2 Å². The van der Waals surface area contributed by atoms with Crippen LogP contribution in [0, 0.1) is 11.3 Å². The number of imidazole rings is 1. The molecule has 2 fully saturated rings. The second kappa shape index (κ2) is 11.6. The Kier molecular flexibility index (Phi) is 7.36. The van der Waals surface area contributed by atoms with Crippen molar-refractivity contribution < 1.29 is 19.4 Å². The van der Waals surface area contributed by atoms with Crippen molar-refractivity contribution in [2.75, 3.05) is 37.7 Å². The molecule has 218 valence electrons. The maximum absolute atomic E-state index is 11.6. The second-order valence-corrected chi connectivity index (χ2v) is 11.8. The van der Waals surface area contributed by atoms with Crippen LogP contribution in [0.5, 0.6) is 5.88 Å². The Morgan fingerprint density at radius 2 is 1.93 bits per heavy atom. The minimum Gasteiger partial charge on any atom is -0.478 e. The van der Waals surface area contributed by atoms with Crippen LogP contribution in [0.2, 0.25) is 0 Å². The molecule has 1 atom stereocenters. The van der Waals surface area contributed by atoms with Gasteiger partial charge in [-0.25, -0.2) is 14.8 Å². The SMILES string of the molecule is N#Cc1ccc2sc(COc3cccc(N4CCN(Cc5nc6ccc(C(=O)O)cc6n5C[C@@H]5CCO5)CC4)n3)nc2c1. The molecule has 2 saturated heterocycles. The van der Waals surface area contributed by atoms with E-state index in [1.807, 2.05) is 24.3 Å². The number of aromatic nitrogens is 4. The molecule has 0 spiro atoms. The summed E-state index contributed by atoms with van der Waals surface area (Å²) in [6.45, 7) is 5.72. The Labute approximate surface area is 251 Å². The number of fused-ring (bicyclic) bond motifs is 2. The first-order valence-electron chi connectivity index (χ1n) is 14.2. The monoisotopic (exact) mass is 595 g/mol. The number of nitriles is 1. The predicted molar refractivity (Wildman–Crippen MR) is 161 cm³/mol. The van der Waals surface area contributed by atoms with Gasteiger partial charge in [-0.2, -0.15) is 10.2 Å². The van der Waals surface area contributed by atoms with Crippen LogP contribution in [0.25, 0.3) is 21.3 Å². The average Bonchev–Trinajstić information content (AvgIpc) is 3.57. The first kappa shape index (κ1) is 27.3. The van der Waals surface area contributed by atoms with E-state index < -0.39 is 5.97 Å². The topological polar surface area (TPSA) is 130 Å². The van der Waals surface area contributed by atoms with E-state index >= 15 is 0 Å². The Morgan fingerprint density at radius 1 is 1.07 bits per heavy atom. The van der Waals surface area contributed by atoms with Gasteiger partial charge in [-0.15, -0.1) is 11.3 Å². The van der Waals surface area contributed by atoms with Crippen molar-refractivity contribution in [3.63, 3.8) is 0 Å². The third kappa shape index (κ3) is 5.75. The number of carboxylic acids is 1. The fraction of sp³-hybridized carbons (Fsp3) is 0.323. The lowest BCUT2D eigenvalue weighted by atomic mass is 10.1. The minimum atomic E-state index is -0.942. The largest absolute Gasteiger partial charge is 0.478 e. The van der Waals surface area contributed by atoms with Gasteiger partial charge in [0.15, 0.2) is 0 Å². The molecule has 12 heteroatoms. The highest BCUT2D eigenvalue weighted by molar-refractivity contribution is 7.18. The number of ether oxygens (including phenoxy) is 2. The molecule has 43 heavy (non-hydrogen) atoms. The van der Waals surface area contributed by atoms with Gasteiger partial charge in [0, 0.05) is 38.9 Å². The number of carboxylic acid groups (broad SMARTS) is 1. The van der Waals surface area contributed by atoms with Crippen LogP contribution < -0.4 is 9.64 Å². The molecule has 0 unspecified atom stereocenters. The van der Waals surface area contributed by atoms with E-state index in [-0.39, 0.29) is 11.7 Å². The fourth-order valence-electron chi connectivity index (χ4n) is 5.50. The van der Waals surface area contributed by atoms with Crippen molar-refractivity contribution in [2.24, 2.45) is 0 Å². The number of pyridine rings is 1. The van der Waals surface area contributed by atoms with Gasteiger partial charge in [0.25, 0.3) is 0 Å². The summed E-state index contributed by atoms with van der Waals surface area (Å²) in [6, 6.07) is 18.6. The van der Waals surface area contributed by atoms with Crippen molar-refractivity contribution in [3.8, 4) is 11.9 Å². The number of anilines is 1. The number of nitrogens with zero attached hydrogens (tertiary/aromatic N) is 7. The second-order valence-electron chi connectivity index (χ2n) is 10.7. The number of benzene rings is 2. The lowest BCUT2D eigenvalue weighted by Gasteiger charge is -2.35. The normalized spacial score (nSPS) is 17.2. The summed E-state index contributed by atoms with van der Waals surface area (Å²) in [4.78, 5) is 30.5. The molecule has 5 aromatic rings. The van der Waals surface area contributed by atoms with Crippen LogP contribution >= 0.6 is 11.3 Å². The van der Waals surface area contributed by atoms with E-state index in [0.717, 1.165) is 77.1 Å². The number of rotatable bonds is 9. The van der Waals surface area contributed by atoms with Crippen molar-refractivity contribution in [1.29, 1.82) is 5.26 Å². The standard InChI is InChI=1S/C31H29N7O4S/c32-16-20-4-7-26-24(14-20)34-30(43-26)19-42-29-3-1-2-27(35-29)37-11-9-36(10-12-37)18-28-33-23-6-5-21(31(39)40)15-25(23)38(28)17-22-8-13-41-22/h1-7,14-15,22H,8-13,17-19H2,(H,39,40)/t22-/m0/s1. The molecule has 2 aromatic carbocycles. The lowest BCUT2D eigenvalue weighted by Crippen LogP contribution is -2.46. The van der Waals surface area contributed by atoms with Gasteiger partial charge >= 0.3 is 5.97 Å². The zero-order valence-corrected chi connectivity index (χ0v) is 24.2. The molecule has 7 rings (SSSR count). The molecule has 11 nitrogen and oxygen atoms in total. The third-order valence-electron chi connectivity index (χ3n) is 7.93. The van der Waals surface area contributed by atoms with Gasteiger partial charge < -0.3 is 24.0 Å². The summed E-state index contributed by atoms with van der Waals surface area (Å²) in [5.74, 6) is 1.40. The van der Waals surface area contributed by atoms with Crippen LogP contribution in [0.15, 0.2) is 54.6 Å². The number of thiazole rings is 1. The molecule has 0 saturated carbocycles. The van der Waals surface area contributed by atoms with E-state index in [0.29, 0.717) is 31.1 Å². The van der Waals surface area contributed by atoms with E-state index in [1.54, 1.807) is 41.7 Å². The first-order valence-corrected chi connectivity index (χ1v) is 15.0. The molecular weight excluding hydrogens is 566 g/mol. The van der Waals surface area contributed by atoms with Crippen LogP contribution in [0.3, 0.4) is 0 Å². The highest BCUT2D eigenvalue weighted by Gasteiger charge is 2.25. The molecule has 5 heterocycles. The van der Waals surface area contributed by atoms with Gasteiger partial charge in [0.05, 0.1) is 57.6 Å². The van der Waals surface area contributed by atoms with Crippen LogP contribution in [0.4, 0.5) is 5.82 Å². The summed E-state index contributed by atoms with van der Waals surface area (Å²) in [5, 5.41) is 19.5. The number of carbonyl (C=O) groups is 1. The summed E-state index contributed by atoms with van der Waals surface area (Å²) < 4.78 is 14.8. The Bertz CT molecular complexity index is 1850. The molecule has 0 radical (unpaired) electrons. The minimum absolute atomic E-state index is 0.133. The molecule has 1 N–H and O–H groups in total. The van der Waals surface area contributed by atoms with Gasteiger partial charge in [-0.3, -0.25) is 4.90 Å². The van der Waals surface area contributed by atoms with Gasteiger partial charge in [-0.05, 0) is 48.9 Å². The van der Waals surface area contributed by atoms with Crippen molar-refractivity contribution in [3.05, 3.63) is 76.6 Å². The van der Waals surface area contributed by atoms with Crippen LogP contribution in [-0.4, -0.2) is 74.4 Å². The summed E-state index contributed by atoms with van der Waals surface area (Å²) in [6.07, 6.45) is 1.13. The maximum atomic E-state index is 11.6. The number of hydrogen-bond acceptors (Lipinski definition) is 10.